The Hall–Kier alpha value is -2.51. The molecule has 7 nitrogen and oxygen atoms in total. The molecule has 6 rings (SSSR count). The number of nitrogens with two attached hydrogens (primary N) is 1. The Morgan fingerprint density at radius 1 is 1.06 bits per heavy atom. The summed E-state index contributed by atoms with van der Waals surface area (Å²) in [5, 5.41) is 5.00. The molecule has 1 aliphatic heterocycles. The molecule has 2 saturated carbocycles. The van der Waals surface area contributed by atoms with E-state index in [0.717, 1.165) is 67.9 Å². The molecule has 3 aliphatic rings. The highest BCUT2D eigenvalue weighted by Gasteiger charge is 2.34. The van der Waals surface area contributed by atoms with E-state index in [1.54, 1.807) is 0 Å². The van der Waals surface area contributed by atoms with Gasteiger partial charge in [0.25, 0.3) is 0 Å². The second-order valence-electron chi connectivity index (χ2n) is 9.63. The van der Waals surface area contributed by atoms with Crippen LogP contribution >= 0.6 is 0 Å². The van der Waals surface area contributed by atoms with E-state index in [0.29, 0.717) is 17.9 Å². The number of hydrogen-bond acceptors (Lipinski definition) is 6. The van der Waals surface area contributed by atoms with Gasteiger partial charge in [-0.3, -0.25) is 9.67 Å². The first-order valence-electron chi connectivity index (χ1n) is 11.7. The normalized spacial score (nSPS) is 24.5. The summed E-state index contributed by atoms with van der Waals surface area (Å²) in [6.07, 6.45) is 8.89. The number of nitrogens with zero attached hydrogens (tertiary/aromatic N) is 6. The molecule has 0 atom stereocenters. The molecule has 1 aromatic carbocycles. The van der Waals surface area contributed by atoms with Gasteiger partial charge in [-0.2, -0.15) is 5.10 Å². The lowest BCUT2D eigenvalue weighted by Gasteiger charge is -2.34. The molecule has 0 radical (unpaired) electrons. The molecule has 3 heterocycles. The first-order valence-corrected chi connectivity index (χ1v) is 11.7. The number of aromatic nitrogens is 4. The SMILES string of the molecule is CN1CCN(c2ccc3nc(-c4cn([C@H]5C[C@H](CN)C5)nc4C4CC4)cnc3c2)CC1. The van der Waals surface area contributed by atoms with Crippen LogP contribution in [0.2, 0.25) is 0 Å². The van der Waals surface area contributed by atoms with E-state index in [4.69, 9.17) is 20.8 Å². The molecule has 2 N–H and O–H groups in total. The molecule has 0 amide bonds. The fraction of sp³-hybridized carbons (Fsp3) is 0.542. The van der Waals surface area contributed by atoms with Crippen molar-refractivity contribution in [3.8, 4) is 11.3 Å². The number of rotatable bonds is 5. The van der Waals surface area contributed by atoms with E-state index in [2.05, 4.69) is 45.9 Å². The molecular weight excluding hydrogens is 386 g/mol. The topological polar surface area (TPSA) is 76.1 Å². The van der Waals surface area contributed by atoms with Gasteiger partial charge in [0.2, 0.25) is 0 Å². The second-order valence-corrected chi connectivity index (χ2v) is 9.63. The fourth-order valence-electron chi connectivity index (χ4n) is 4.95. The van der Waals surface area contributed by atoms with Crippen molar-refractivity contribution in [1.29, 1.82) is 0 Å². The quantitative estimate of drug-likeness (QED) is 0.688. The van der Waals surface area contributed by atoms with E-state index >= 15 is 0 Å². The Morgan fingerprint density at radius 3 is 2.61 bits per heavy atom. The monoisotopic (exact) mass is 417 g/mol. The number of hydrogen-bond donors (Lipinski definition) is 1. The van der Waals surface area contributed by atoms with Gasteiger partial charge in [-0.05, 0) is 63.4 Å². The van der Waals surface area contributed by atoms with Crippen LogP contribution in [0.4, 0.5) is 5.69 Å². The van der Waals surface area contributed by atoms with Gasteiger partial charge in [0.1, 0.15) is 0 Å². The summed E-state index contributed by atoms with van der Waals surface area (Å²) in [5.74, 6) is 1.23. The molecule has 3 fully saturated rings. The van der Waals surface area contributed by atoms with Crippen LogP contribution in [0.25, 0.3) is 22.3 Å². The minimum Gasteiger partial charge on any atom is -0.369 e. The average molecular weight is 418 g/mol. The number of likely N-dealkylation sites (N-methyl/N-ethyl adjacent to an activating group) is 1. The van der Waals surface area contributed by atoms with Crippen LogP contribution < -0.4 is 10.6 Å². The lowest BCUT2D eigenvalue weighted by Crippen LogP contribution is -2.44. The van der Waals surface area contributed by atoms with Crippen LogP contribution in [0.5, 0.6) is 0 Å². The number of anilines is 1. The van der Waals surface area contributed by atoms with Crippen molar-refractivity contribution < 1.29 is 0 Å². The molecule has 162 valence electrons. The highest BCUT2D eigenvalue weighted by Crippen LogP contribution is 2.45. The van der Waals surface area contributed by atoms with Crippen molar-refractivity contribution in [3.63, 3.8) is 0 Å². The third kappa shape index (κ3) is 3.59. The molecule has 7 heteroatoms. The smallest absolute Gasteiger partial charge is 0.0927 e. The van der Waals surface area contributed by atoms with Crippen LogP contribution in [-0.2, 0) is 0 Å². The first-order chi connectivity index (χ1) is 15.2. The number of benzene rings is 1. The lowest BCUT2D eigenvalue weighted by atomic mass is 9.80. The third-order valence-corrected chi connectivity index (χ3v) is 7.31. The maximum absolute atomic E-state index is 5.82. The zero-order chi connectivity index (χ0) is 20.9. The van der Waals surface area contributed by atoms with E-state index < -0.39 is 0 Å². The van der Waals surface area contributed by atoms with Crippen LogP contribution in [0.3, 0.4) is 0 Å². The summed E-state index contributed by atoms with van der Waals surface area (Å²) in [7, 11) is 2.18. The molecule has 3 aromatic rings. The van der Waals surface area contributed by atoms with Gasteiger partial charge in [-0.15, -0.1) is 0 Å². The summed E-state index contributed by atoms with van der Waals surface area (Å²) in [4.78, 5) is 14.6. The van der Waals surface area contributed by atoms with E-state index in [-0.39, 0.29) is 0 Å². The Bertz CT molecular complexity index is 1090. The maximum Gasteiger partial charge on any atom is 0.0927 e. The van der Waals surface area contributed by atoms with Crippen LogP contribution in [0, 0.1) is 5.92 Å². The molecule has 0 unspecified atom stereocenters. The van der Waals surface area contributed by atoms with Gasteiger partial charge >= 0.3 is 0 Å². The summed E-state index contributed by atoms with van der Waals surface area (Å²) in [5.41, 5.74) is 12.3. The van der Waals surface area contributed by atoms with Gasteiger partial charge in [-0.1, -0.05) is 0 Å². The predicted octanol–water partition coefficient (Wildman–Crippen LogP) is 3.03. The molecule has 2 aliphatic carbocycles. The number of piperazine rings is 1. The average Bonchev–Trinajstić information content (AvgIpc) is 3.52. The van der Waals surface area contributed by atoms with Crippen molar-refractivity contribution in [1.82, 2.24) is 24.6 Å². The maximum atomic E-state index is 5.82. The highest BCUT2D eigenvalue weighted by atomic mass is 15.3. The lowest BCUT2D eigenvalue weighted by molar-refractivity contribution is 0.189. The van der Waals surface area contributed by atoms with E-state index in [1.807, 2.05) is 6.20 Å². The van der Waals surface area contributed by atoms with Crippen molar-refractivity contribution in [2.45, 2.75) is 37.6 Å². The third-order valence-electron chi connectivity index (χ3n) is 7.31. The summed E-state index contributed by atoms with van der Waals surface area (Å²) in [6.45, 7) is 5.10. The van der Waals surface area contributed by atoms with Gasteiger partial charge < -0.3 is 15.5 Å². The fourth-order valence-corrected chi connectivity index (χ4v) is 4.95. The molecule has 1 saturated heterocycles. The summed E-state index contributed by atoms with van der Waals surface area (Å²) in [6, 6.07) is 6.99. The van der Waals surface area contributed by atoms with E-state index in [1.165, 1.54) is 24.2 Å². The highest BCUT2D eigenvalue weighted by molar-refractivity contribution is 5.81. The molecule has 2 aromatic heterocycles. The predicted molar refractivity (Wildman–Crippen MR) is 123 cm³/mol. The minimum atomic E-state index is 0.486. The Morgan fingerprint density at radius 2 is 1.87 bits per heavy atom. The Kier molecular flexibility index (Phi) is 4.69. The summed E-state index contributed by atoms with van der Waals surface area (Å²) >= 11 is 0. The van der Waals surface area contributed by atoms with Gasteiger partial charge in [0.05, 0.1) is 34.7 Å². The zero-order valence-electron chi connectivity index (χ0n) is 18.2. The standard InChI is InChI=1S/C24H31N7/c1-29-6-8-30(9-7-29)18-4-5-21-22(12-18)26-14-23(27-21)20-15-31(19-10-16(11-19)13-25)28-24(20)17-2-3-17/h4-5,12,14-17,19H,2-3,6-11,13,25H2,1H3/t16-,19-. The van der Waals surface area contributed by atoms with Crippen molar-refractivity contribution in [2.24, 2.45) is 11.7 Å². The molecule has 0 bridgehead atoms. The zero-order valence-corrected chi connectivity index (χ0v) is 18.2. The Balaban J connectivity index is 1.29. The van der Waals surface area contributed by atoms with Gasteiger partial charge in [0.15, 0.2) is 0 Å². The van der Waals surface area contributed by atoms with Crippen LogP contribution in [0.15, 0.2) is 30.6 Å². The summed E-state index contributed by atoms with van der Waals surface area (Å²) < 4.78 is 2.18. The van der Waals surface area contributed by atoms with Crippen molar-refractivity contribution in [3.05, 3.63) is 36.3 Å². The Labute approximate surface area is 183 Å². The minimum absolute atomic E-state index is 0.486. The largest absolute Gasteiger partial charge is 0.369 e. The van der Waals surface area contributed by atoms with E-state index in [9.17, 15) is 0 Å². The second kappa shape index (κ2) is 7.57. The van der Waals surface area contributed by atoms with Crippen molar-refractivity contribution >= 4 is 16.7 Å². The molecule has 0 spiro atoms. The van der Waals surface area contributed by atoms with Gasteiger partial charge in [-0.25, -0.2) is 4.98 Å². The van der Waals surface area contributed by atoms with Crippen molar-refractivity contribution in [2.75, 3.05) is 44.7 Å². The number of fused-ring (bicyclic) bond motifs is 1. The molecule has 31 heavy (non-hydrogen) atoms. The van der Waals surface area contributed by atoms with Gasteiger partial charge in [0, 0.05) is 49.5 Å². The first kappa shape index (κ1) is 19.2. The van der Waals surface area contributed by atoms with Crippen LogP contribution in [-0.4, -0.2) is 64.4 Å². The molecular formula is C24H31N7. The van der Waals surface area contributed by atoms with Crippen LogP contribution in [0.1, 0.15) is 43.3 Å².